The van der Waals surface area contributed by atoms with E-state index in [4.69, 9.17) is 9.47 Å². The van der Waals surface area contributed by atoms with Crippen LogP contribution in [0.1, 0.15) is 30.9 Å². The van der Waals surface area contributed by atoms with E-state index in [-0.39, 0.29) is 29.8 Å². The SMILES string of the molecule is Cc1ccc(S[C@H](C)C(=O)N/N=C\c2ccc(OCC(=O)NC[C@H]3CCCO3)cc2)cc1. The molecule has 0 aromatic heterocycles. The van der Waals surface area contributed by atoms with Gasteiger partial charge in [0.05, 0.1) is 17.6 Å². The van der Waals surface area contributed by atoms with E-state index in [2.05, 4.69) is 15.8 Å². The van der Waals surface area contributed by atoms with Crippen LogP contribution in [0.25, 0.3) is 0 Å². The third-order valence-electron chi connectivity index (χ3n) is 4.89. The largest absolute Gasteiger partial charge is 0.484 e. The summed E-state index contributed by atoms with van der Waals surface area (Å²) in [5.41, 5.74) is 4.56. The first kappa shape index (κ1) is 23.8. The Morgan fingerprint density at radius 2 is 1.97 bits per heavy atom. The number of aryl methyl sites for hydroxylation is 1. The lowest BCUT2D eigenvalue weighted by Crippen LogP contribution is -2.35. The quantitative estimate of drug-likeness (QED) is 0.326. The highest BCUT2D eigenvalue weighted by Crippen LogP contribution is 2.23. The van der Waals surface area contributed by atoms with Crippen LogP contribution in [0.5, 0.6) is 5.75 Å². The van der Waals surface area contributed by atoms with Crippen molar-refractivity contribution in [3.63, 3.8) is 0 Å². The van der Waals surface area contributed by atoms with Gasteiger partial charge in [0.25, 0.3) is 11.8 Å². The third-order valence-corrected chi connectivity index (χ3v) is 6.00. The Labute approximate surface area is 193 Å². The molecule has 2 N–H and O–H groups in total. The van der Waals surface area contributed by atoms with Crippen LogP contribution in [-0.2, 0) is 14.3 Å². The van der Waals surface area contributed by atoms with Crippen LogP contribution in [0.2, 0.25) is 0 Å². The number of thioether (sulfide) groups is 1. The molecule has 0 bridgehead atoms. The molecule has 170 valence electrons. The zero-order valence-corrected chi connectivity index (χ0v) is 19.2. The van der Waals surface area contributed by atoms with Crippen LogP contribution in [0.3, 0.4) is 0 Å². The number of nitrogens with zero attached hydrogens (tertiary/aromatic N) is 1. The number of benzene rings is 2. The van der Waals surface area contributed by atoms with Gasteiger partial charge in [-0.3, -0.25) is 9.59 Å². The fourth-order valence-corrected chi connectivity index (χ4v) is 3.88. The molecule has 0 radical (unpaired) electrons. The van der Waals surface area contributed by atoms with E-state index in [1.165, 1.54) is 17.3 Å². The van der Waals surface area contributed by atoms with Crippen molar-refractivity contribution in [1.82, 2.24) is 10.7 Å². The third kappa shape index (κ3) is 8.01. The molecule has 0 aliphatic carbocycles. The monoisotopic (exact) mass is 455 g/mol. The van der Waals surface area contributed by atoms with Gasteiger partial charge in [-0.25, -0.2) is 5.43 Å². The summed E-state index contributed by atoms with van der Waals surface area (Å²) < 4.78 is 11.0. The number of rotatable bonds is 10. The summed E-state index contributed by atoms with van der Waals surface area (Å²) in [6.45, 7) is 5.11. The lowest BCUT2D eigenvalue weighted by molar-refractivity contribution is -0.123. The summed E-state index contributed by atoms with van der Waals surface area (Å²) >= 11 is 1.48. The van der Waals surface area contributed by atoms with Gasteiger partial charge < -0.3 is 14.8 Å². The average molecular weight is 456 g/mol. The number of nitrogens with one attached hydrogen (secondary N) is 2. The standard InChI is InChI=1S/C24H29N3O4S/c1-17-5-11-22(12-6-17)32-18(2)24(29)27-26-14-19-7-9-20(10-8-19)31-16-23(28)25-15-21-4-3-13-30-21/h5-12,14,18,21H,3-4,13,15-16H2,1-2H3,(H,25,28)(H,27,29)/b26-14-/t18-,21-/m1/s1. The van der Waals surface area contributed by atoms with Crippen molar-refractivity contribution < 1.29 is 19.1 Å². The van der Waals surface area contributed by atoms with Crippen molar-refractivity contribution in [2.24, 2.45) is 5.10 Å². The first-order chi connectivity index (χ1) is 15.5. The molecule has 1 fully saturated rings. The summed E-state index contributed by atoms with van der Waals surface area (Å²) in [4.78, 5) is 25.1. The molecule has 7 nitrogen and oxygen atoms in total. The van der Waals surface area contributed by atoms with E-state index >= 15 is 0 Å². The van der Waals surface area contributed by atoms with Crippen molar-refractivity contribution in [2.75, 3.05) is 19.8 Å². The van der Waals surface area contributed by atoms with Gasteiger partial charge in [0.1, 0.15) is 5.75 Å². The molecule has 0 spiro atoms. The number of carbonyl (C=O) groups is 2. The highest BCUT2D eigenvalue weighted by molar-refractivity contribution is 8.00. The van der Waals surface area contributed by atoms with Crippen molar-refractivity contribution in [1.29, 1.82) is 0 Å². The highest BCUT2D eigenvalue weighted by Gasteiger charge is 2.16. The Hall–Kier alpha value is -2.84. The molecule has 2 atom stereocenters. The van der Waals surface area contributed by atoms with Crippen molar-refractivity contribution in [3.05, 3.63) is 59.7 Å². The molecule has 1 aliphatic rings. The van der Waals surface area contributed by atoms with Crippen molar-refractivity contribution in [3.8, 4) is 5.75 Å². The van der Waals surface area contributed by atoms with E-state index in [9.17, 15) is 9.59 Å². The minimum Gasteiger partial charge on any atom is -0.484 e. The zero-order valence-electron chi connectivity index (χ0n) is 18.4. The molecule has 1 heterocycles. The summed E-state index contributed by atoms with van der Waals surface area (Å²) in [5, 5.41) is 6.58. The normalized spacial score (nSPS) is 16.6. The van der Waals surface area contributed by atoms with Gasteiger partial charge in [-0.2, -0.15) is 5.10 Å². The van der Waals surface area contributed by atoms with Crippen LogP contribution in [0.4, 0.5) is 0 Å². The molecule has 2 amide bonds. The Balaban J connectivity index is 1.37. The Morgan fingerprint density at radius 1 is 1.22 bits per heavy atom. The maximum absolute atomic E-state index is 12.2. The molecular formula is C24H29N3O4S. The van der Waals surface area contributed by atoms with Crippen LogP contribution in [0, 0.1) is 6.92 Å². The second-order valence-electron chi connectivity index (χ2n) is 7.60. The smallest absolute Gasteiger partial charge is 0.258 e. The molecular weight excluding hydrogens is 426 g/mol. The topological polar surface area (TPSA) is 89.0 Å². The predicted octanol–water partition coefficient (Wildman–Crippen LogP) is 3.30. The van der Waals surface area contributed by atoms with Crippen LogP contribution in [-0.4, -0.2) is 49.1 Å². The van der Waals surface area contributed by atoms with Gasteiger partial charge in [0.15, 0.2) is 6.61 Å². The first-order valence-electron chi connectivity index (χ1n) is 10.7. The van der Waals surface area contributed by atoms with Gasteiger partial charge in [0.2, 0.25) is 0 Å². The van der Waals surface area contributed by atoms with Gasteiger partial charge in [0, 0.05) is 18.0 Å². The number of ether oxygens (including phenoxy) is 2. The zero-order chi connectivity index (χ0) is 22.8. The fourth-order valence-electron chi connectivity index (χ4n) is 3.02. The summed E-state index contributed by atoms with van der Waals surface area (Å²) in [6, 6.07) is 15.2. The summed E-state index contributed by atoms with van der Waals surface area (Å²) in [6.07, 6.45) is 3.71. The molecule has 0 unspecified atom stereocenters. The molecule has 0 saturated carbocycles. The molecule has 8 heteroatoms. The fraction of sp³-hybridized carbons (Fsp3) is 0.375. The van der Waals surface area contributed by atoms with Crippen LogP contribution >= 0.6 is 11.8 Å². The predicted molar refractivity (Wildman–Crippen MR) is 126 cm³/mol. The number of hydrogen-bond acceptors (Lipinski definition) is 6. The van der Waals surface area contributed by atoms with E-state index in [1.54, 1.807) is 30.5 Å². The molecule has 32 heavy (non-hydrogen) atoms. The Morgan fingerprint density at radius 3 is 2.66 bits per heavy atom. The number of hydrazone groups is 1. The number of carbonyl (C=O) groups excluding carboxylic acids is 2. The maximum Gasteiger partial charge on any atom is 0.258 e. The second kappa shape index (κ2) is 12.3. The van der Waals surface area contributed by atoms with E-state index in [1.807, 2.05) is 38.1 Å². The summed E-state index contributed by atoms with van der Waals surface area (Å²) in [7, 11) is 0. The molecule has 2 aromatic rings. The Kier molecular flexibility index (Phi) is 9.13. The molecule has 1 saturated heterocycles. The molecule has 3 rings (SSSR count). The number of amides is 2. The number of hydrogen-bond donors (Lipinski definition) is 2. The average Bonchev–Trinajstić information content (AvgIpc) is 3.32. The minimum absolute atomic E-state index is 0.0489. The lowest BCUT2D eigenvalue weighted by Gasteiger charge is -2.11. The maximum atomic E-state index is 12.2. The lowest BCUT2D eigenvalue weighted by atomic mass is 10.2. The molecule has 2 aromatic carbocycles. The molecule has 1 aliphatic heterocycles. The minimum atomic E-state index is -0.267. The van der Waals surface area contributed by atoms with Gasteiger partial charge in [-0.05, 0) is 68.7 Å². The van der Waals surface area contributed by atoms with E-state index in [0.29, 0.717) is 12.3 Å². The second-order valence-corrected chi connectivity index (χ2v) is 9.02. The van der Waals surface area contributed by atoms with Crippen molar-refractivity contribution >= 4 is 29.8 Å². The van der Waals surface area contributed by atoms with Crippen LogP contribution < -0.4 is 15.5 Å². The first-order valence-corrected chi connectivity index (χ1v) is 11.5. The van der Waals surface area contributed by atoms with Gasteiger partial charge in [-0.1, -0.05) is 17.7 Å². The van der Waals surface area contributed by atoms with Crippen molar-refractivity contribution in [2.45, 2.75) is 42.9 Å². The summed E-state index contributed by atoms with van der Waals surface area (Å²) in [5.74, 6) is 0.244. The van der Waals surface area contributed by atoms with Gasteiger partial charge >= 0.3 is 0 Å². The van der Waals surface area contributed by atoms with E-state index < -0.39 is 0 Å². The van der Waals surface area contributed by atoms with Gasteiger partial charge in [-0.15, -0.1) is 11.8 Å². The Bertz CT molecular complexity index is 910. The highest BCUT2D eigenvalue weighted by atomic mass is 32.2. The van der Waals surface area contributed by atoms with Crippen LogP contribution in [0.15, 0.2) is 58.5 Å². The van der Waals surface area contributed by atoms with E-state index in [0.717, 1.165) is 29.9 Å².